The van der Waals surface area contributed by atoms with E-state index in [0.29, 0.717) is 0 Å². The second-order valence-corrected chi connectivity index (χ2v) is 4.43. The van der Waals surface area contributed by atoms with E-state index in [9.17, 15) is 9.13 Å². The SMILES string of the molecule is CN1CCOCC1.O=[PH](O)O[PH](=O)O. The van der Waals surface area contributed by atoms with E-state index in [1.165, 1.54) is 0 Å². The van der Waals surface area contributed by atoms with Crippen LogP contribution in [0.15, 0.2) is 0 Å². The Bertz CT molecular complexity index is 183. The highest BCUT2D eigenvalue weighted by Gasteiger charge is 2.02. The summed E-state index contributed by atoms with van der Waals surface area (Å²) in [6.45, 7) is 4.02. The van der Waals surface area contributed by atoms with Crippen molar-refractivity contribution in [2.45, 2.75) is 0 Å². The fourth-order valence-electron chi connectivity index (χ4n) is 0.729. The molecule has 0 radical (unpaired) electrons. The van der Waals surface area contributed by atoms with Crippen LogP contribution in [0.3, 0.4) is 0 Å². The number of rotatable bonds is 2. The van der Waals surface area contributed by atoms with Gasteiger partial charge in [-0.2, -0.15) is 0 Å². The van der Waals surface area contributed by atoms with E-state index in [1.807, 2.05) is 0 Å². The zero-order chi connectivity index (χ0) is 11.0. The summed E-state index contributed by atoms with van der Waals surface area (Å²) in [6, 6.07) is 0. The summed E-state index contributed by atoms with van der Waals surface area (Å²) in [6.07, 6.45) is 0. The third-order valence-electron chi connectivity index (χ3n) is 1.41. The molecule has 0 aromatic carbocycles. The molecule has 1 rings (SSSR count). The number of hydrogen-bond donors (Lipinski definition) is 2. The van der Waals surface area contributed by atoms with Gasteiger partial charge >= 0.3 is 16.5 Å². The van der Waals surface area contributed by atoms with Gasteiger partial charge < -0.3 is 19.4 Å². The number of nitrogens with zero attached hydrogens (tertiary/aromatic N) is 1. The van der Waals surface area contributed by atoms with Gasteiger partial charge in [0.15, 0.2) is 0 Å². The molecular weight excluding hydrogens is 232 g/mol. The fraction of sp³-hybridized carbons (Fsp3) is 1.00. The van der Waals surface area contributed by atoms with Gasteiger partial charge in [-0.1, -0.05) is 0 Å². The highest BCUT2D eigenvalue weighted by Crippen LogP contribution is 2.30. The average molecular weight is 247 g/mol. The Hall–Kier alpha value is 0.260. The van der Waals surface area contributed by atoms with Crippen molar-refractivity contribution in [1.29, 1.82) is 0 Å². The van der Waals surface area contributed by atoms with Crippen molar-refractivity contribution in [2.75, 3.05) is 33.4 Å². The Morgan fingerprint density at radius 3 is 1.79 bits per heavy atom. The maximum absolute atomic E-state index is 9.44. The van der Waals surface area contributed by atoms with Gasteiger partial charge in [-0.25, -0.2) is 4.31 Å². The van der Waals surface area contributed by atoms with Gasteiger partial charge in [0, 0.05) is 13.1 Å². The summed E-state index contributed by atoms with van der Waals surface area (Å²) < 4.78 is 27.4. The largest absolute Gasteiger partial charge is 0.379 e. The Kier molecular flexibility index (Phi) is 8.72. The highest BCUT2D eigenvalue weighted by molar-refractivity contribution is 7.46. The zero-order valence-corrected chi connectivity index (χ0v) is 9.80. The lowest BCUT2D eigenvalue weighted by Crippen LogP contribution is -2.32. The number of hydrogen-bond acceptors (Lipinski definition) is 5. The van der Waals surface area contributed by atoms with Gasteiger partial charge in [0.2, 0.25) is 0 Å². The number of ether oxygens (including phenoxy) is 1. The Balaban J connectivity index is 0.000000241. The third kappa shape index (κ3) is 10.3. The molecule has 2 atom stereocenters. The van der Waals surface area contributed by atoms with Gasteiger partial charge in [0.05, 0.1) is 13.2 Å². The van der Waals surface area contributed by atoms with Crippen molar-refractivity contribution in [1.82, 2.24) is 4.90 Å². The molecule has 9 heteroatoms. The van der Waals surface area contributed by atoms with Crippen LogP contribution in [0.25, 0.3) is 0 Å². The first kappa shape index (κ1) is 14.3. The zero-order valence-electron chi connectivity index (χ0n) is 7.80. The van der Waals surface area contributed by atoms with Gasteiger partial charge in [-0.15, -0.1) is 0 Å². The summed E-state index contributed by atoms with van der Waals surface area (Å²) in [5, 5.41) is 0. The Labute approximate surface area is 83.5 Å². The standard InChI is InChI=1S/C5H11NO.H4O5P2/c1-6-2-4-7-5-3-6;1-6(2)5-7(3)4/h2-5H2,1H3;6-7H,(H,1,2)(H,3,4). The van der Waals surface area contributed by atoms with Gasteiger partial charge in [0.25, 0.3) is 0 Å². The molecule has 1 aliphatic heterocycles. The van der Waals surface area contributed by atoms with Crippen LogP contribution in [0.5, 0.6) is 0 Å². The Morgan fingerprint density at radius 1 is 1.21 bits per heavy atom. The monoisotopic (exact) mass is 247 g/mol. The first-order valence-corrected chi connectivity index (χ1v) is 6.45. The molecule has 7 nitrogen and oxygen atoms in total. The van der Waals surface area contributed by atoms with Crippen molar-refractivity contribution in [3.63, 3.8) is 0 Å². The quantitative estimate of drug-likeness (QED) is 0.647. The normalized spacial score (nSPS) is 21.9. The van der Waals surface area contributed by atoms with E-state index >= 15 is 0 Å². The molecule has 14 heavy (non-hydrogen) atoms. The van der Waals surface area contributed by atoms with E-state index in [-0.39, 0.29) is 0 Å². The number of morpholine rings is 1. The van der Waals surface area contributed by atoms with Crippen molar-refractivity contribution < 1.29 is 28.0 Å². The van der Waals surface area contributed by atoms with E-state index in [0.717, 1.165) is 26.3 Å². The van der Waals surface area contributed by atoms with Crippen molar-refractivity contribution in [3.8, 4) is 0 Å². The van der Waals surface area contributed by atoms with Crippen LogP contribution in [0, 0.1) is 0 Å². The first-order chi connectivity index (χ1) is 6.52. The molecule has 0 bridgehead atoms. The molecule has 0 aliphatic carbocycles. The summed E-state index contributed by atoms with van der Waals surface area (Å²) in [4.78, 5) is 17.7. The molecule has 1 heterocycles. The molecule has 1 saturated heterocycles. The molecule has 0 saturated carbocycles. The highest BCUT2D eigenvalue weighted by atomic mass is 31.2. The van der Waals surface area contributed by atoms with E-state index in [2.05, 4.69) is 16.3 Å². The minimum atomic E-state index is -3.20. The van der Waals surface area contributed by atoms with E-state index in [4.69, 9.17) is 14.5 Å². The lowest BCUT2D eigenvalue weighted by molar-refractivity contribution is 0.0503. The molecule has 1 aliphatic rings. The van der Waals surface area contributed by atoms with Crippen LogP contribution in [-0.4, -0.2) is 48.0 Å². The first-order valence-electron chi connectivity index (χ1n) is 3.92. The maximum Gasteiger partial charge on any atom is 0.323 e. The van der Waals surface area contributed by atoms with Crippen LogP contribution in [0.2, 0.25) is 0 Å². The molecule has 2 unspecified atom stereocenters. The summed E-state index contributed by atoms with van der Waals surface area (Å²) in [5.74, 6) is 0. The second kappa shape index (κ2) is 8.56. The van der Waals surface area contributed by atoms with Crippen LogP contribution >= 0.6 is 16.5 Å². The van der Waals surface area contributed by atoms with Crippen LogP contribution in [-0.2, 0) is 18.2 Å². The minimum absolute atomic E-state index is 0.913. The van der Waals surface area contributed by atoms with E-state index in [1.54, 1.807) is 0 Å². The third-order valence-corrected chi connectivity index (χ3v) is 2.81. The van der Waals surface area contributed by atoms with Gasteiger partial charge in [0.1, 0.15) is 0 Å². The molecule has 0 aromatic rings. The smallest absolute Gasteiger partial charge is 0.323 e. The van der Waals surface area contributed by atoms with Crippen LogP contribution < -0.4 is 0 Å². The fourth-order valence-corrected chi connectivity index (χ4v) is 1.33. The summed E-state index contributed by atoms with van der Waals surface area (Å²) in [7, 11) is -4.29. The molecule has 0 aromatic heterocycles. The average Bonchev–Trinajstić information content (AvgIpc) is 2.03. The predicted octanol–water partition coefficient (Wildman–Crippen LogP) is -0.285. The molecule has 2 N–H and O–H groups in total. The van der Waals surface area contributed by atoms with Crippen molar-refractivity contribution >= 4 is 16.5 Å². The van der Waals surface area contributed by atoms with Gasteiger partial charge in [-0.3, -0.25) is 9.13 Å². The predicted molar refractivity (Wildman–Crippen MR) is 51.8 cm³/mol. The number of likely N-dealkylation sites (N-methyl/N-ethyl adjacent to an activating group) is 1. The lowest BCUT2D eigenvalue weighted by Gasteiger charge is -2.21. The topological polar surface area (TPSA) is 96.3 Å². The molecule has 0 amide bonds. The van der Waals surface area contributed by atoms with Crippen LogP contribution in [0.1, 0.15) is 0 Å². The molecule has 1 fully saturated rings. The van der Waals surface area contributed by atoms with Crippen LogP contribution in [0.4, 0.5) is 0 Å². The molecule has 0 spiro atoms. The lowest BCUT2D eigenvalue weighted by atomic mass is 10.5. The van der Waals surface area contributed by atoms with Crippen molar-refractivity contribution in [3.05, 3.63) is 0 Å². The van der Waals surface area contributed by atoms with Gasteiger partial charge in [-0.05, 0) is 7.05 Å². The van der Waals surface area contributed by atoms with E-state index < -0.39 is 16.5 Å². The van der Waals surface area contributed by atoms with Crippen molar-refractivity contribution in [2.24, 2.45) is 0 Å². The summed E-state index contributed by atoms with van der Waals surface area (Å²) in [5.41, 5.74) is 0. The second-order valence-electron chi connectivity index (χ2n) is 2.55. The molecule has 86 valence electrons. The summed E-state index contributed by atoms with van der Waals surface area (Å²) >= 11 is 0. The molecular formula is C5H15NO6P2. The minimum Gasteiger partial charge on any atom is -0.379 e. The Morgan fingerprint density at radius 2 is 1.64 bits per heavy atom. The maximum atomic E-state index is 9.44.